The Hall–Kier alpha value is -3.56. The molecule has 0 saturated heterocycles. The lowest BCUT2D eigenvalue weighted by Gasteiger charge is -2.34. The Morgan fingerprint density at radius 2 is 1.71 bits per heavy atom. The van der Waals surface area contributed by atoms with Crippen molar-refractivity contribution in [2.45, 2.75) is 69.5 Å². The summed E-state index contributed by atoms with van der Waals surface area (Å²) in [6, 6.07) is 19.5. The molecule has 8 nitrogen and oxygen atoms in total. The minimum atomic E-state index is -4.20. The van der Waals surface area contributed by atoms with Gasteiger partial charge < -0.3 is 15.0 Å². The van der Waals surface area contributed by atoms with Gasteiger partial charge in [0, 0.05) is 12.6 Å². The van der Waals surface area contributed by atoms with Gasteiger partial charge in [0.15, 0.2) is 0 Å². The number of rotatable bonds is 12. The molecule has 4 rings (SSSR count). The van der Waals surface area contributed by atoms with E-state index in [9.17, 15) is 18.0 Å². The van der Waals surface area contributed by atoms with E-state index in [1.807, 2.05) is 26.0 Å². The van der Waals surface area contributed by atoms with Gasteiger partial charge in [0.1, 0.15) is 18.3 Å². The van der Waals surface area contributed by atoms with Crippen molar-refractivity contribution in [3.63, 3.8) is 0 Å². The van der Waals surface area contributed by atoms with E-state index in [-0.39, 0.29) is 34.1 Å². The number of anilines is 1. The average molecular weight is 612 g/mol. The number of carbonyl (C=O) groups excluding carboxylic acids is 2. The highest BCUT2D eigenvalue weighted by molar-refractivity contribution is 7.92. The largest absolute Gasteiger partial charge is 0.497 e. The van der Waals surface area contributed by atoms with Crippen molar-refractivity contribution in [2.24, 2.45) is 0 Å². The van der Waals surface area contributed by atoms with Crippen LogP contribution < -0.4 is 14.4 Å². The summed E-state index contributed by atoms with van der Waals surface area (Å²) in [7, 11) is -2.64. The standard InChI is InChI=1S/C32H38ClN3O5S/c1-4-29(32(38)34-25-11-5-6-12-25)35(21-24-10-9-13-26(20-24)41-3)31(37)22-36(30-15-8-7-14-28(30)33)42(39,40)27-18-16-23(2)17-19-27/h7-10,13-20,25,29H,4-6,11-12,21-22H2,1-3H3,(H,34,38). The van der Waals surface area contributed by atoms with E-state index in [2.05, 4.69) is 5.32 Å². The van der Waals surface area contributed by atoms with E-state index >= 15 is 0 Å². The summed E-state index contributed by atoms with van der Waals surface area (Å²) in [5, 5.41) is 3.30. The maximum absolute atomic E-state index is 14.2. The van der Waals surface area contributed by atoms with Gasteiger partial charge in [-0.2, -0.15) is 0 Å². The van der Waals surface area contributed by atoms with Crippen LogP contribution in [0.25, 0.3) is 0 Å². The third-order valence-electron chi connectivity index (χ3n) is 7.58. The summed E-state index contributed by atoms with van der Waals surface area (Å²) < 4.78 is 34.4. The van der Waals surface area contributed by atoms with Gasteiger partial charge in [0.2, 0.25) is 11.8 Å². The Kier molecular flexibility index (Phi) is 10.5. The molecule has 1 fully saturated rings. The molecule has 1 aliphatic rings. The molecule has 1 aliphatic carbocycles. The number of carbonyl (C=O) groups is 2. The second kappa shape index (κ2) is 14.1. The van der Waals surface area contributed by atoms with Gasteiger partial charge >= 0.3 is 0 Å². The highest BCUT2D eigenvalue weighted by Gasteiger charge is 2.35. The molecule has 0 spiro atoms. The molecule has 0 radical (unpaired) electrons. The van der Waals surface area contributed by atoms with Crippen molar-refractivity contribution in [3.05, 3.63) is 88.9 Å². The molecular weight excluding hydrogens is 574 g/mol. The zero-order valence-electron chi connectivity index (χ0n) is 24.3. The summed E-state index contributed by atoms with van der Waals surface area (Å²) >= 11 is 6.49. The first-order valence-corrected chi connectivity index (χ1v) is 16.0. The monoisotopic (exact) mass is 611 g/mol. The maximum atomic E-state index is 14.2. The summed E-state index contributed by atoms with van der Waals surface area (Å²) in [4.78, 5) is 29.3. The topological polar surface area (TPSA) is 96.0 Å². The van der Waals surface area contributed by atoms with Crippen molar-refractivity contribution in [2.75, 3.05) is 18.0 Å². The van der Waals surface area contributed by atoms with Crippen LogP contribution in [-0.4, -0.2) is 50.9 Å². The highest BCUT2D eigenvalue weighted by atomic mass is 35.5. The number of nitrogens with zero attached hydrogens (tertiary/aromatic N) is 2. The molecule has 1 saturated carbocycles. The van der Waals surface area contributed by atoms with Gasteiger partial charge in [-0.1, -0.05) is 73.3 Å². The number of para-hydroxylation sites is 1. The normalized spacial score (nSPS) is 14.3. The van der Waals surface area contributed by atoms with Gasteiger partial charge in [-0.25, -0.2) is 8.42 Å². The third-order valence-corrected chi connectivity index (χ3v) is 9.68. The SMILES string of the molecule is CCC(C(=O)NC1CCCC1)N(Cc1cccc(OC)c1)C(=O)CN(c1ccccc1Cl)S(=O)(=O)c1ccc(C)cc1. The Labute approximate surface area is 253 Å². The number of amides is 2. The van der Waals surface area contributed by atoms with Crippen LogP contribution in [-0.2, 0) is 26.2 Å². The van der Waals surface area contributed by atoms with Crippen molar-refractivity contribution in [3.8, 4) is 5.75 Å². The van der Waals surface area contributed by atoms with Gasteiger partial charge in [-0.3, -0.25) is 13.9 Å². The molecular formula is C32H38ClN3O5S. The second-order valence-electron chi connectivity index (χ2n) is 10.6. The molecule has 0 heterocycles. The average Bonchev–Trinajstić information content (AvgIpc) is 3.49. The van der Waals surface area contributed by atoms with Crippen LogP contribution >= 0.6 is 11.6 Å². The fraction of sp³-hybridized carbons (Fsp3) is 0.375. The fourth-order valence-corrected chi connectivity index (χ4v) is 6.98. The Balaban J connectivity index is 1.73. The summed E-state index contributed by atoms with van der Waals surface area (Å²) in [6.07, 6.45) is 4.27. The lowest BCUT2D eigenvalue weighted by Crippen LogP contribution is -2.53. The highest BCUT2D eigenvalue weighted by Crippen LogP contribution is 2.31. The second-order valence-corrected chi connectivity index (χ2v) is 12.8. The molecule has 42 heavy (non-hydrogen) atoms. The molecule has 10 heteroatoms. The fourth-order valence-electron chi connectivity index (χ4n) is 5.26. The van der Waals surface area contributed by atoms with Gasteiger partial charge in [-0.15, -0.1) is 0 Å². The van der Waals surface area contributed by atoms with Crippen LogP contribution in [0.5, 0.6) is 5.75 Å². The lowest BCUT2D eigenvalue weighted by atomic mass is 10.1. The van der Waals surface area contributed by atoms with Crippen LogP contribution in [0.3, 0.4) is 0 Å². The molecule has 0 aliphatic heterocycles. The molecule has 2 amide bonds. The molecule has 224 valence electrons. The van der Waals surface area contributed by atoms with E-state index in [4.69, 9.17) is 16.3 Å². The van der Waals surface area contributed by atoms with E-state index in [1.165, 1.54) is 17.0 Å². The Morgan fingerprint density at radius 3 is 2.36 bits per heavy atom. The third kappa shape index (κ3) is 7.44. The van der Waals surface area contributed by atoms with E-state index in [1.54, 1.807) is 55.6 Å². The van der Waals surface area contributed by atoms with E-state index in [0.29, 0.717) is 12.2 Å². The number of sulfonamides is 1. The number of hydrogen-bond donors (Lipinski definition) is 1. The maximum Gasteiger partial charge on any atom is 0.264 e. The van der Waals surface area contributed by atoms with Gasteiger partial charge in [0.05, 0.1) is 22.7 Å². The van der Waals surface area contributed by atoms with Crippen molar-refractivity contribution < 1.29 is 22.7 Å². The molecule has 0 bridgehead atoms. The minimum absolute atomic E-state index is 0.0335. The van der Waals surface area contributed by atoms with E-state index in [0.717, 1.165) is 41.1 Å². The van der Waals surface area contributed by atoms with Crippen molar-refractivity contribution in [1.29, 1.82) is 0 Å². The van der Waals surface area contributed by atoms with Crippen molar-refractivity contribution in [1.82, 2.24) is 10.2 Å². The number of aryl methyl sites for hydroxylation is 1. The van der Waals surface area contributed by atoms with E-state index < -0.39 is 28.5 Å². The summed E-state index contributed by atoms with van der Waals surface area (Å²) in [5.41, 5.74) is 1.83. The van der Waals surface area contributed by atoms with Gasteiger partial charge in [-0.05, 0) is 68.1 Å². The molecule has 3 aromatic rings. The van der Waals surface area contributed by atoms with Crippen molar-refractivity contribution >= 4 is 39.1 Å². The van der Waals surface area contributed by atoms with Crippen LogP contribution in [0, 0.1) is 6.92 Å². The molecule has 1 atom stereocenters. The predicted molar refractivity (Wildman–Crippen MR) is 165 cm³/mol. The van der Waals surface area contributed by atoms with Crippen LogP contribution in [0.15, 0.2) is 77.7 Å². The predicted octanol–water partition coefficient (Wildman–Crippen LogP) is 5.72. The first-order valence-electron chi connectivity index (χ1n) is 14.2. The molecule has 1 N–H and O–H groups in total. The quantitative estimate of drug-likeness (QED) is 0.283. The minimum Gasteiger partial charge on any atom is -0.497 e. The number of benzene rings is 3. The Morgan fingerprint density at radius 1 is 1.02 bits per heavy atom. The molecule has 0 aromatic heterocycles. The van der Waals surface area contributed by atoms with Crippen LogP contribution in [0.4, 0.5) is 5.69 Å². The first kappa shape index (κ1) is 31.4. The first-order chi connectivity index (χ1) is 20.1. The molecule has 3 aromatic carbocycles. The zero-order chi connectivity index (χ0) is 30.3. The molecule has 1 unspecified atom stereocenters. The lowest BCUT2D eigenvalue weighted by molar-refractivity contribution is -0.140. The number of halogens is 1. The van der Waals surface area contributed by atoms with Gasteiger partial charge in [0.25, 0.3) is 10.0 Å². The Bertz CT molecular complexity index is 1490. The summed E-state index contributed by atoms with van der Waals surface area (Å²) in [6.45, 7) is 3.26. The zero-order valence-corrected chi connectivity index (χ0v) is 25.8. The number of methoxy groups -OCH3 is 1. The summed E-state index contributed by atoms with van der Waals surface area (Å²) in [5.74, 6) is -0.156. The van der Waals surface area contributed by atoms with Crippen LogP contribution in [0.2, 0.25) is 5.02 Å². The number of nitrogens with one attached hydrogen (secondary N) is 1. The number of hydrogen-bond acceptors (Lipinski definition) is 5. The number of ether oxygens (including phenoxy) is 1. The smallest absolute Gasteiger partial charge is 0.264 e. The van der Waals surface area contributed by atoms with Crippen LogP contribution in [0.1, 0.15) is 50.2 Å².